The van der Waals surface area contributed by atoms with E-state index >= 15 is 0 Å². The monoisotopic (exact) mass is 416 g/mol. The van der Waals surface area contributed by atoms with Crippen molar-refractivity contribution in [2.24, 2.45) is 0 Å². The van der Waals surface area contributed by atoms with Crippen molar-refractivity contribution < 1.29 is 19.4 Å². The second kappa shape index (κ2) is 9.02. The molecule has 0 atom stereocenters. The number of nitrogens with zero attached hydrogens (tertiary/aromatic N) is 1. The summed E-state index contributed by atoms with van der Waals surface area (Å²) in [6, 6.07) is 20.0. The molecule has 0 saturated carbocycles. The van der Waals surface area contributed by atoms with Gasteiger partial charge in [0.2, 0.25) is 0 Å². The Labute approximate surface area is 181 Å². The molecule has 1 saturated heterocycles. The van der Waals surface area contributed by atoms with Crippen molar-refractivity contribution in [1.82, 2.24) is 0 Å². The summed E-state index contributed by atoms with van der Waals surface area (Å²) in [6.07, 6.45) is 0. The maximum absolute atomic E-state index is 12.7. The van der Waals surface area contributed by atoms with Gasteiger partial charge < -0.3 is 20.1 Å². The predicted molar refractivity (Wildman–Crippen MR) is 121 cm³/mol. The van der Waals surface area contributed by atoms with E-state index in [2.05, 4.69) is 10.2 Å². The maximum Gasteiger partial charge on any atom is 0.335 e. The molecule has 158 valence electrons. The third-order valence-electron chi connectivity index (χ3n) is 5.44. The number of aryl methyl sites for hydroxylation is 1. The van der Waals surface area contributed by atoms with Gasteiger partial charge in [0, 0.05) is 30.0 Å². The summed E-state index contributed by atoms with van der Waals surface area (Å²) in [5, 5.41) is 12.0. The SMILES string of the molecule is Cc1ccc(NC(=O)c2ccc(N3CCOCC3)cc2)cc1-c1ccc(C(=O)O)cc1. The first-order chi connectivity index (χ1) is 15.0. The Kier molecular flexibility index (Phi) is 6.00. The number of carboxylic acid groups (broad SMARTS) is 1. The summed E-state index contributed by atoms with van der Waals surface area (Å²) in [5.41, 5.74) is 5.48. The highest BCUT2D eigenvalue weighted by Crippen LogP contribution is 2.27. The summed E-state index contributed by atoms with van der Waals surface area (Å²) in [5.74, 6) is -1.13. The van der Waals surface area contributed by atoms with Crippen molar-refractivity contribution in [3.8, 4) is 11.1 Å². The van der Waals surface area contributed by atoms with E-state index in [-0.39, 0.29) is 11.5 Å². The molecule has 1 heterocycles. The van der Waals surface area contributed by atoms with Crippen molar-refractivity contribution in [2.45, 2.75) is 6.92 Å². The van der Waals surface area contributed by atoms with Gasteiger partial charge in [-0.3, -0.25) is 4.79 Å². The number of rotatable bonds is 5. The number of ether oxygens (including phenoxy) is 1. The van der Waals surface area contributed by atoms with Gasteiger partial charge in [0.25, 0.3) is 5.91 Å². The van der Waals surface area contributed by atoms with Gasteiger partial charge in [0.1, 0.15) is 0 Å². The van der Waals surface area contributed by atoms with Crippen LogP contribution in [-0.4, -0.2) is 43.3 Å². The topological polar surface area (TPSA) is 78.9 Å². The number of benzene rings is 3. The highest BCUT2D eigenvalue weighted by atomic mass is 16.5. The standard InChI is InChI=1S/C25H24N2O4/c1-17-2-9-21(16-23(17)18-3-5-20(6-4-18)25(29)30)26-24(28)19-7-10-22(11-8-19)27-12-14-31-15-13-27/h2-11,16H,12-15H2,1H3,(H,26,28)(H,29,30). The largest absolute Gasteiger partial charge is 0.478 e. The highest BCUT2D eigenvalue weighted by molar-refractivity contribution is 6.04. The van der Waals surface area contributed by atoms with E-state index in [1.165, 1.54) is 0 Å². The maximum atomic E-state index is 12.7. The molecule has 3 aromatic rings. The fourth-order valence-corrected chi connectivity index (χ4v) is 3.65. The summed E-state index contributed by atoms with van der Waals surface area (Å²) < 4.78 is 5.38. The van der Waals surface area contributed by atoms with Gasteiger partial charge in [-0.1, -0.05) is 18.2 Å². The number of hydrogen-bond acceptors (Lipinski definition) is 4. The zero-order valence-electron chi connectivity index (χ0n) is 17.3. The van der Waals surface area contributed by atoms with Crippen LogP contribution in [0.15, 0.2) is 66.7 Å². The zero-order valence-corrected chi connectivity index (χ0v) is 17.3. The molecule has 3 aromatic carbocycles. The zero-order chi connectivity index (χ0) is 21.8. The summed E-state index contributed by atoms with van der Waals surface area (Å²) in [7, 11) is 0. The molecule has 0 bridgehead atoms. The van der Waals surface area contributed by atoms with Crippen LogP contribution in [0.3, 0.4) is 0 Å². The smallest absolute Gasteiger partial charge is 0.335 e. The molecule has 1 amide bonds. The summed E-state index contributed by atoms with van der Waals surface area (Å²) >= 11 is 0. The number of anilines is 2. The Morgan fingerprint density at radius 3 is 2.19 bits per heavy atom. The van der Waals surface area contributed by atoms with Crippen LogP contribution in [-0.2, 0) is 4.74 Å². The van der Waals surface area contributed by atoms with Crippen molar-refractivity contribution >= 4 is 23.3 Å². The molecule has 1 fully saturated rings. The van der Waals surface area contributed by atoms with Crippen LogP contribution in [0, 0.1) is 6.92 Å². The molecule has 31 heavy (non-hydrogen) atoms. The quantitative estimate of drug-likeness (QED) is 0.643. The molecule has 0 aliphatic carbocycles. The molecular weight excluding hydrogens is 392 g/mol. The minimum Gasteiger partial charge on any atom is -0.478 e. The Morgan fingerprint density at radius 1 is 0.903 bits per heavy atom. The van der Waals surface area contributed by atoms with Crippen LogP contribution in [0.5, 0.6) is 0 Å². The van der Waals surface area contributed by atoms with Crippen LogP contribution in [0.1, 0.15) is 26.3 Å². The number of morpholine rings is 1. The van der Waals surface area contributed by atoms with E-state index in [0.717, 1.165) is 48.7 Å². The average molecular weight is 416 g/mol. The van der Waals surface area contributed by atoms with Gasteiger partial charge >= 0.3 is 5.97 Å². The summed E-state index contributed by atoms with van der Waals surface area (Å²) in [4.78, 5) is 26.1. The Hall–Kier alpha value is -3.64. The first-order valence-corrected chi connectivity index (χ1v) is 10.2. The molecule has 0 spiro atoms. The molecule has 0 unspecified atom stereocenters. The predicted octanol–water partition coefficient (Wildman–Crippen LogP) is 4.45. The molecule has 1 aliphatic heterocycles. The number of nitrogens with one attached hydrogen (secondary N) is 1. The van der Waals surface area contributed by atoms with Crippen LogP contribution in [0.25, 0.3) is 11.1 Å². The molecule has 4 rings (SSSR count). The normalized spacial score (nSPS) is 13.6. The van der Waals surface area contributed by atoms with E-state index in [1.807, 2.05) is 49.4 Å². The number of carbonyl (C=O) groups excluding carboxylic acids is 1. The van der Waals surface area contributed by atoms with Gasteiger partial charge in [-0.2, -0.15) is 0 Å². The number of amides is 1. The molecule has 2 N–H and O–H groups in total. The van der Waals surface area contributed by atoms with Crippen LogP contribution < -0.4 is 10.2 Å². The lowest BCUT2D eigenvalue weighted by atomic mass is 9.98. The van der Waals surface area contributed by atoms with Gasteiger partial charge in [-0.05, 0) is 72.1 Å². The van der Waals surface area contributed by atoms with E-state index < -0.39 is 5.97 Å². The van der Waals surface area contributed by atoms with E-state index in [4.69, 9.17) is 9.84 Å². The second-order valence-corrected chi connectivity index (χ2v) is 7.51. The molecule has 1 aliphatic rings. The molecule has 6 heteroatoms. The number of carboxylic acids is 1. The van der Waals surface area contributed by atoms with Crippen LogP contribution in [0.2, 0.25) is 0 Å². The van der Waals surface area contributed by atoms with Gasteiger partial charge in [-0.25, -0.2) is 4.79 Å². The van der Waals surface area contributed by atoms with Crippen molar-refractivity contribution in [2.75, 3.05) is 36.5 Å². The molecule has 6 nitrogen and oxygen atoms in total. The second-order valence-electron chi connectivity index (χ2n) is 7.51. The van der Waals surface area contributed by atoms with E-state index in [0.29, 0.717) is 11.3 Å². The third-order valence-corrected chi connectivity index (χ3v) is 5.44. The van der Waals surface area contributed by atoms with Crippen LogP contribution in [0.4, 0.5) is 11.4 Å². The molecule has 0 radical (unpaired) electrons. The first kappa shape index (κ1) is 20.6. The lowest BCUT2D eigenvalue weighted by molar-refractivity contribution is 0.0696. The number of carbonyl (C=O) groups is 2. The van der Waals surface area contributed by atoms with Gasteiger partial charge in [0.05, 0.1) is 18.8 Å². The number of aromatic carboxylic acids is 1. The van der Waals surface area contributed by atoms with Gasteiger partial charge in [-0.15, -0.1) is 0 Å². The Bertz CT molecular complexity index is 1090. The number of hydrogen-bond donors (Lipinski definition) is 2. The fraction of sp³-hybridized carbons (Fsp3) is 0.200. The molecular formula is C25H24N2O4. The summed E-state index contributed by atoms with van der Waals surface area (Å²) in [6.45, 7) is 5.13. The third kappa shape index (κ3) is 4.75. The fourth-order valence-electron chi connectivity index (χ4n) is 3.65. The molecule has 0 aromatic heterocycles. The van der Waals surface area contributed by atoms with E-state index in [1.54, 1.807) is 24.3 Å². The van der Waals surface area contributed by atoms with E-state index in [9.17, 15) is 9.59 Å². The van der Waals surface area contributed by atoms with Crippen molar-refractivity contribution in [3.63, 3.8) is 0 Å². The Balaban J connectivity index is 1.49. The highest BCUT2D eigenvalue weighted by Gasteiger charge is 2.13. The first-order valence-electron chi connectivity index (χ1n) is 10.2. The minimum atomic E-state index is -0.955. The van der Waals surface area contributed by atoms with Crippen molar-refractivity contribution in [1.29, 1.82) is 0 Å². The van der Waals surface area contributed by atoms with Crippen LogP contribution >= 0.6 is 0 Å². The average Bonchev–Trinajstić information content (AvgIpc) is 2.81. The lowest BCUT2D eigenvalue weighted by Gasteiger charge is -2.28. The van der Waals surface area contributed by atoms with Crippen molar-refractivity contribution in [3.05, 3.63) is 83.4 Å². The Morgan fingerprint density at radius 2 is 1.55 bits per heavy atom. The lowest BCUT2D eigenvalue weighted by Crippen LogP contribution is -2.36. The van der Waals surface area contributed by atoms with Gasteiger partial charge in [0.15, 0.2) is 0 Å². The minimum absolute atomic E-state index is 0.176.